The zero-order valence-corrected chi connectivity index (χ0v) is 22.0. The van der Waals surface area contributed by atoms with E-state index < -0.39 is 23.8 Å². The van der Waals surface area contributed by atoms with Gasteiger partial charge in [-0.25, -0.2) is 14.5 Å². The molecule has 1 aliphatic heterocycles. The second-order valence-electron chi connectivity index (χ2n) is 8.80. The van der Waals surface area contributed by atoms with Crippen LogP contribution in [0, 0.1) is 13.8 Å². The van der Waals surface area contributed by atoms with Gasteiger partial charge in [0.2, 0.25) is 0 Å². The Morgan fingerprint density at radius 3 is 2.61 bits per heavy atom. The first-order chi connectivity index (χ1) is 17.2. The molecule has 1 fully saturated rings. The van der Waals surface area contributed by atoms with Crippen molar-refractivity contribution in [2.45, 2.75) is 39.5 Å². The zero-order valence-electron chi connectivity index (χ0n) is 19.6. The summed E-state index contributed by atoms with van der Waals surface area (Å²) in [6, 6.07) is 7.67. The van der Waals surface area contributed by atoms with Crippen LogP contribution >= 0.6 is 27.3 Å². The van der Waals surface area contributed by atoms with Crippen molar-refractivity contribution in [1.29, 1.82) is 0 Å². The molecular weight excluding hydrogens is 546 g/mol. The summed E-state index contributed by atoms with van der Waals surface area (Å²) in [5.41, 5.74) is 3.46. The van der Waals surface area contributed by atoms with Gasteiger partial charge in [-0.05, 0) is 81.0 Å². The zero-order chi connectivity index (χ0) is 25.7. The van der Waals surface area contributed by atoms with E-state index in [1.165, 1.54) is 17.4 Å². The molecule has 0 saturated carbocycles. The maximum Gasteiger partial charge on any atom is 0.339 e. The second-order valence-corrected chi connectivity index (χ2v) is 10.8. The van der Waals surface area contributed by atoms with Crippen LogP contribution in [0.1, 0.15) is 50.6 Å². The minimum absolute atomic E-state index is 0.182. The molecule has 2 N–H and O–H groups in total. The Bertz CT molecular complexity index is 1500. The van der Waals surface area contributed by atoms with Crippen molar-refractivity contribution < 1.29 is 24.3 Å². The van der Waals surface area contributed by atoms with Gasteiger partial charge in [0.1, 0.15) is 10.6 Å². The van der Waals surface area contributed by atoms with E-state index in [2.05, 4.69) is 21.2 Å². The number of carbonyl (C=O) groups is 4. The Morgan fingerprint density at radius 2 is 1.89 bits per heavy atom. The lowest BCUT2D eigenvalue weighted by Gasteiger charge is -2.26. The van der Waals surface area contributed by atoms with Crippen molar-refractivity contribution >= 4 is 62.8 Å². The first-order valence-corrected chi connectivity index (χ1v) is 13.0. The topological polar surface area (TPSA) is 109 Å². The van der Waals surface area contributed by atoms with Crippen LogP contribution in [0.5, 0.6) is 0 Å². The summed E-state index contributed by atoms with van der Waals surface area (Å²) in [4.78, 5) is 52.7. The number of anilines is 1. The number of halogens is 1. The van der Waals surface area contributed by atoms with Crippen molar-refractivity contribution in [2.24, 2.45) is 0 Å². The highest BCUT2D eigenvalue weighted by atomic mass is 79.9. The number of carboxylic acid groups (broad SMARTS) is 1. The maximum atomic E-state index is 13.3. The second kappa shape index (κ2) is 9.18. The van der Waals surface area contributed by atoms with Gasteiger partial charge in [-0.2, -0.15) is 0 Å². The Balaban J connectivity index is 1.59. The molecule has 0 spiro atoms. The number of urea groups is 1. The van der Waals surface area contributed by atoms with E-state index in [-0.39, 0.29) is 5.57 Å². The van der Waals surface area contributed by atoms with E-state index in [4.69, 9.17) is 0 Å². The van der Waals surface area contributed by atoms with Crippen LogP contribution in [-0.4, -0.2) is 33.5 Å². The van der Waals surface area contributed by atoms with Gasteiger partial charge in [0.15, 0.2) is 0 Å². The van der Waals surface area contributed by atoms with Crippen LogP contribution in [0.3, 0.4) is 0 Å². The monoisotopic (exact) mass is 567 g/mol. The third-order valence-electron chi connectivity index (χ3n) is 6.51. The number of amides is 4. The molecule has 184 valence electrons. The van der Waals surface area contributed by atoms with Gasteiger partial charge in [0.05, 0.1) is 11.3 Å². The third kappa shape index (κ3) is 4.00. The average Bonchev–Trinajstić information content (AvgIpc) is 3.32. The molecule has 0 atom stereocenters. The predicted molar refractivity (Wildman–Crippen MR) is 140 cm³/mol. The number of aryl methyl sites for hydroxylation is 2. The summed E-state index contributed by atoms with van der Waals surface area (Å²) in [6.45, 7) is 3.69. The van der Waals surface area contributed by atoms with E-state index in [9.17, 15) is 24.3 Å². The number of thiophene rings is 1. The summed E-state index contributed by atoms with van der Waals surface area (Å²) in [6.07, 6.45) is 5.08. The lowest BCUT2D eigenvalue weighted by atomic mass is 9.95. The van der Waals surface area contributed by atoms with Gasteiger partial charge in [-0.1, -0.05) is 22.0 Å². The summed E-state index contributed by atoms with van der Waals surface area (Å²) in [7, 11) is 0. The highest BCUT2D eigenvalue weighted by molar-refractivity contribution is 9.10. The molecule has 8 nitrogen and oxygen atoms in total. The molecule has 0 unspecified atom stereocenters. The van der Waals surface area contributed by atoms with Crippen molar-refractivity contribution in [3.63, 3.8) is 0 Å². The quantitative estimate of drug-likeness (QED) is 0.334. The molecule has 0 radical (unpaired) electrons. The number of fused-ring (bicyclic) bond motifs is 1. The average molecular weight is 568 g/mol. The highest BCUT2D eigenvalue weighted by Crippen LogP contribution is 2.39. The van der Waals surface area contributed by atoms with Gasteiger partial charge in [0, 0.05) is 20.7 Å². The molecule has 2 aliphatic rings. The number of benzene rings is 1. The van der Waals surface area contributed by atoms with Crippen LogP contribution < -0.4 is 10.2 Å². The van der Waals surface area contributed by atoms with Crippen molar-refractivity contribution in [3.8, 4) is 5.00 Å². The molecule has 3 aromatic rings. The normalized spacial score (nSPS) is 16.9. The molecule has 2 aromatic heterocycles. The maximum absolute atomic E-state index is 13.3. The molecular formula is C26H22BrN3O5S. The number of hydrogen-bond donors (Lipinski definition) is 2. The summed E-state index contributed by atoms with van der Waals surface area (Å²) < 4.78 is 2.56. The first kappa shape index (κ1) is 24.2. The number of imide groups is 2. The van der Waals surface area contributed by atoms with Crippen molar-refractivity contribution in [2.75, 3.05) is 4.90 Å². The number of carboxylic acids is 1. The Kier molecular flexibility index (Phi) is 6.17. The fraction of sp³-hybridized carbons (Fsp3) is 0.231. The fourth-order valence-electron chi connectivity index (χ4n) is 4.84. The van der Waals surface area contributed by atoms with E-state index in [0.29, 0.717) is 32.0 Å². The van der Waals surface area contributed by atoms with Crippen LogP contribution in [0.15, 0.2) is 40.4 Å². The Morgan fingerprint density at radius 1 is 1.14 bits per heavy atom. The van der Waals surface area contributed by atoms with E-state index in [1.54, 1.807) is 24.3 Å². The summed E-state index contributed by atoms with van der Waals surface area (Å²) >= 11 is 4.82. The Hall–Kier alpha value is -3.50. The summed E-state index contributed by atoms with van der Waals surface area (Å²) in [5.74, 6) is -2.47. The number of barbiturate groups is 1. The van der Waals surface area contributed by atoms with Gasteiger partial charge in [-0.3, -0.25) is 14.9 Å². The molecule has 1 aromatic carbocycles. The third-order valence-corrected chi connectivity index (χ3v) is 8.28. The number of hydrogen-bond acceptors (Lipinski definition) is 5. The Labute approximate surface area is 219 Å². The first-order valence-electron chi connectivity index (χ1n) is 11.4. The lowest BCUT2D eigenvalue weighted by Crippen LogP contribution is -2.54. The van der Waals surface area contributed by atoms with Gasteiger partial charge >= 0.3 is 12.0 Å². The molecule has 1 aliphatic carbocycles. The van der Waals surface area contributed by atoms with Crippen LogP contribution in [-0.2, 0) is 22.4 Å². The minimum atomic E-state index is -0.957. The fourth-order valence-corrected chi connectivity index (χ4v) is 6.72. The number of rotatable bonds is 4. The molecule has 0 bridgehead atoms. The number of carbonyl (C=O) groups excluding carboxylic acids is 3. The molecule has 1 saturated heterocycles. The standard InChI is InChI=1S/C26H22BrN3O5S/c1-13-10-15(14(2)29(13)24-21(25(33)34)18-8-3-4-9-20(18)36-24)11-19-22(31)28-26(35)30(23(19)32)17-7-5-6-16(27)12-17/h5-7,10-12H,3-4,8-9H2,1-2H3,(H,33,34)(H,28,31,35)/b19-11+. The number of nitrogens with one attached hydrogen (secondary N) is 1. The van der Waals surface area contributed by atoms with Crippen LogP contribution in [0.2, 0.25) is 0 Å². The molecule has 5 rings (SSSR count). The van der Waals surface area contributed by atoms with E-state index in [0.717, 1.165) is 46.7 Å². The number of aromatic nitrogens is 1. The SMILES string of the molecule is Cc1cc(/C=C2\C(=O)NC(=O)N(c3cccc(Br)c3)C2=O)c(C)n1-c1sc2c(c1C(=O)O)CCCC2. The largest absolute Gasteiger partial charge is 0.478 e. The molecule has 3 heterocycles. The molecule has 36 heavy (non-hydrogen) atoms. The molecule has 4 amide bonds. The van der Waals surface area contributed by atoms with Gasteiger partial charge < -0.3 is 9.67 Å². The number of aromatic carboxylic acids is 1. The highest BCUT2D eigenvalue weighted by Gasteiger charge is 2.37. The van der Waals surface area contributed by atoms with Crippen molar-refractivity contribution in [3.05, 3.63) is 73.3 Å². The minimum Gasteiger partial charge on any atom is -0.478 e. The van der Waals surface area contributed by atoms with E-state index >= 15 is 0 Å². The van der Waals surface area contributed by atoms with Crippen LogP contribution in [0.25, 0.3) is 11.1 Å². The van der Waals surface area contributed by atoms with Gasteiger partial charge in [-0.15, -0.1) is 11.3 Å². The number of nitrogens with zero attached hydrogens (tertiary/aromatic N) is 2. The molecule has 10 heteroatoms. The van der Waals surface area contributed by atoms with E-state index in [1.807, 2.05) is 24.5 Å². The smallest absolute Gasteiger partial charge is 0.339 e. The predicted octanol–water partition coefficient (Wildman–Crippen LogP) is 5.16. The van der Waals surface area contributed by atoms with Crippen LogP contribution in [0.4, 0.5) is 10.5 Å². The van der Waals surface area contributed by atoms with Crippen molar-refractivity contribution in [1.82, 2.24) is 9.88 Å². The summed E-state index contributed by atoms with van der Waals surface area (Å²) in [5, 5.41) is 12.9. The van der Waals surface area contributed by atoms with Gasteiger partial charge in [0.25, 0.3) is 11.8 Å². The lowest BCUT2D eigenvalue weighted by molar-refractivity contribution is -0.122.